The summed E-state index contributed by atoms with van der Waals surface area (Å²) in [5.41, 5.74) is 1.59. The number of aromatic amines is 1. The summed E-state index contributed by atoms with van der Waals surface area (Å²) in [5.74, 6) is 0. The number of amides is 2. The molecule has 0 saturated carbocycles. The predicted molar refractivity (Wildman–Crippen MR) is 111 cm³/mol. The topological polar surface area (TPSA) is 82.7 Å². The lowest BCUT2D eigenvalue weighted by atomic mass is 10.0. The van der Waals surface area contributed by atoms with E-state index in [1.807, 2.05) is 35.4 Å². The van der Waals surface area contributed by atoms with Gasteiger partial charge in [0.05, 0.1) is 5.39 Å². The number of aromatic nitrogens is 3. The highest BCUT2D eigenvalue weighted by atomic mass is 19.4. The van der Waals surface area contributed by atoms with Crippen LogP contribution in [0.25, 0.3) is 22.2 Å². The Kier molecular flexibility index (Phi) is 5.57. The molecule has 0 aliphatic carbocycles. The molecule has 158 valence electrons. The molecule has 0 bridgehead atoms. The standard InChI is InChI=1S/C22H18F3N5O/c23-22(24,25)19-18-17(11-13-26-20(18)30-29-19)15-6-8-16(9-7-15)28-21(31)27-12-10-14-4-2-1-3-5-14/h1-9,11,13H,10,12H2,(H,26,29,30)(H2,27,28,31). The first-order valence-corrected chi connectivity index (χ1v) is 9.51. The molecule has 0 unspecified atom stereocenters. The van der Waals surface area contributed by atoms with Crippen LogP contribution in [0.2, 0.25) is 0 Å². The molecule has 2 heterocycles. The number of hydrogen-bond acceptors (Lipinski definition) is 3. The van der Waals surface area contributed by atoms with Crippen LogP contribution < -0.4 is 10.6 Å². The van der Waals surface area contributed by atoms with Crippen molar-refractivity contribution < 1.29 is 18.0 Å². The monoisotopic (exact) mass is 425 g/mol. The summed E-state index contributed by atoms with van der Waals surface area (Å²) in [5, 5.41) is 11.1. The SMILES string of the molecule is O=C(NCCc1ccccc1)Nc1ccc(-c2ccnc3n[nH]c(C(F)(F)F)c23)cc1. The Morgan fingerprint density at radius 2 is 1.74 bits per heavy atom. The highest BCUT2D eigenvalue weighted by Gasteiger charge is 2.36. The Labute approximate surface area is 175 Å². The molecule has 6 nitrogen and oxygen atoms in total. The van der Waals surface area contributed by atoms with Crippen LogP contribution in [0.4, 0.5) is 23.7 Å². The highest BCUT2D eigenvalue weighted by molar-refractivity contribution is 5.95. The molecule has 0 radical (unpaired) electrons. The van der Waals surface area contributed by atoms with Crippen molar-refractivity contribution in [2.75, 3.05) is 11.9 Å². The van der Waals surface area contributed by atoms with Crippen molar-refractivity contribution in [3.63, 3.8) is 0 Å². The Morgan fingerprint density at radius 3 is 2.45 bits per heavy atom. The average Bonchev–Trinajstić information content (AvgIpc) is 3.20. The molecule has 0 atom stereocenters. The molecule has 2 aromatic heterocycles. The van der Waals surface area contributed by atoms with Crippen molar-refractivity contribution in [3.05, 3.63) is 78.1 Å². The lowest BCUT2D eigenvalue weighted by molar-refractivity contribution is -0.139. The number of pyridine rings is 1. The average molecular weight is 425 g/mol. The number of anilines is 1. The van der Waals surface area contributed by atoms with Gasteiger partial charge in [-0.3, -0.25) is 5.10 Å². The quantitative estimate of drug-likeness (QED) is 0.420. The van der Waals surface area contributed by atoms with Crippen molar-refractivity contribution >= 4 is 22.8 Å². The van der Waals surface area contributed by atoms with Gasteiger partial charge in [-0.05, 0) is 41.3 Å². The minimum absolute atomic E-state index is 0.00943. The van der Waals surface area contributed by atoms with E-state index in [1.54, 1.807) is 24.3 Å². The molecule has 31 heavy (non-hydrogen) atoms. The summed E-state index contributed by atoms with van der Waals surface area (Å²) in [6.45, 7) is 0.476. The fourth-order valence-electron chi connectivity index (χ4n) is 3.27. The Bertz CT molecular complexity index is 1190. The van der Waals surface area contributed by atoms with Crippen LogP contribution in [0.1, 0.15) is 11.3 Å². The largest absolute Gasteiger partial charge is 0.433 e. The van der Waals surface area contributed by atoms with Gasteiger partial charge in [-0.1, -0.05) is 42.5 Å². The van der Waals surface area contributed by atoms with Gasteiger partial charge in [0.1, 0.15) is 5.69 Å². The lowest BCUT2D eigenvalue weighted by Crippen LogP contribution is -2.30. The van der Waals surface area contributed by atoms with Gasteiger partial charge in [-0.25, -0.2) is 9.78 Å². The summed E-state index contributed by atoms with van der Waals surface area (Å²) in [7, 11) is 0. The predicted octanol–water partition coefficient (Wildman–Crippen LogP) is 5.01. The maximum absolute atomic E-state index is 13.3. The van der Waals surface area contributed by atoms with Gasteiger partial charge >= 0.3 is 12.2 Å². The van der Waals surface area contributed by atoms with E-state index in [0.717, 1.165) is 5.56 Å². The number of halogens is 3. The van der Waals surface area contributed by atoms with Crippen molar-refractivity contribution in [3.8, 4) is 11.1 Å². The third-order valence-corrected chi connectivity index (χ3v) is 4.73. The van der Waals surface area contributed by atoms with E-state index in [4.69, 9.17) is 0 Å². The number of nitrogens with one attached hydrogen (secondary N) is 3. The van der Waals surface area contributed by atoms with Crippen molar-refractivity contribution in [1.82, 2.24) is 20.5 Å². The number of nitrogens with zero attached hydrogens (tertiary/aromatic N) is 2. The van der Waals surface area contributed by atoms with Crippen molar-refractivity contribution in [2.45, 2.75) is 12.6 Å². The number of fused-ring (bicyclic) bond motifs is 1. The van der Waals surface area contributed by atoms with Gasteiger partial charge in [0, 0.05) is 18.4 Å². The Morgan fingerprint density at radius 1 is 1.00 bits per heavy atom. The molecule has 4 aromatic rings. The summed E-state index contributed by atoms with van der Waals surface area (Å²) in [4.78, 5) is 16.0. The Balaban J connectivity index is 1.45. The maximum Gasteiger partial charge on any atom is 0.433 e. The summed E-state index contributed by atoms with van der Waals surface area (Å²) in [6, 6.07) is 17.5. The second-order valence-electron chi connectivity index (χ2n) is 6.85. The fraction of sp³-hybridized carbons (Fsp3) is 0.136. The van der Waals surface area contributed by atoms with Crippen LogP contribution in [-0.2, 0) is 12.6 Å². The molecule has 0 spiro atoms. The van der Waals surface area contributed by atoms with Gasteiger partial charge in [0.2, 0.25) is 0 Å². The van der Waals surface area contributed by atoms with Gasteiger partial charge < -0.3 is 10.6 Å². The van der Waals surface area contributed by atoms with E-state index >= 15 is 0 Å². The second-order valence-corrected chi connectivity index (χ2v) is 6.85. The summed E-state index contributed by atoms with van der Waals surface area (Å²) in [6.07, 6.45) is -2.46. The number of carbonyl (C=O) groups excluding carboxylic acids is 1. The smallest absolute Gasteiger partial charge is 0.338 e. The first-order valence-electron chi connectivity index (χ1n) is 9.51. The molecule has 0 aliphatic rings. The minimum Gasteiger partial charge on any atom is -0.338 e. The lowest BCUT2D eigenvalue weighted by Gasteiger charge is -2.10. The number of H-pyrrole nitrogens is 1. The number of alkyl halides is 3. The third-order valence-electron chi connectivity index (χ3n) is 4.73. The van der Waals surface area contributed by atoms with E-state index in [0.29, 0.717) is 29.8 Å². The van der Waals surface area contributed by atoms with Crippen LogP contribution in [-0.4, -0.2) is 27.8 Å². The second kappa shape index (κ2) is 8.47. The van der Waals surface area contributed by atoms with Gasteiger partial charge in [0.25, 0.3) is 0 Å². The number of carbonyl (C=O) groups is 1. The molecule has 2 amide bonds. The molecular weight excluding hydrogens is 407 g/mol. The van der Waals surface area contributed by atoms with E-state index in [-0.39, 0.29) is 17.1 Å². The number of urea groups is 1. The summed E-state index contributed by atoms with van der Waals surface area (Å²) < 4.78 is 39.9. The molecule has 4 rings (SSSR count). The molecule has 9 heteroatoms. The van der Waals surface area contributed by atoms with Crippen LogP contribution in [0.15, 0.2) is 66.9 Å². The number of hydrogen-bond donors (Lipinski definition) is 3. The number of rotatable bonds is 5. The first kappa shape index (κ1) is 20.4. The van der Waals surface area contributed by atoms with Gasteiger partial charge in [-0.15, -0.1) is 0 Å². The molecular formula is C22H18F3N5O. The normalized spacial score (nSPS) is 11.5. The van der Waals surface area contributed by atoms with E-state index in [9.17, 15) is 18.0 Å². The maximum atomic E-state index is 13.3. The zero-order valence-electron chi connectivity index (χ0n) is 16.2. The molecule has 0 fully saturated rings. The van der Waals surface area contributed by atoms with Crippen LogP contribution in [0, 0.1) is 0 Å². The summed E-state index contributed by atoms with van der Waals surface area (Å²) >= 11 is 0. The minimum atomic E-state index is -4.58. The third kappa shape index (κ3) is 4.66. The fourth-order valence-corrected chi connectivity index (χ4v) is 3.27. The Hall–Kier alpha value is -3.88. The van der Waals surface area contributed by atoms with Crippen molar-refractivity contribution in [1.29, 1.82) is 0 Å². The van der Waals surface area contributed by atoms with Gasteiger partial charge in [-0.2, -0.15) is 18.3 Å². The van der Waals surface area contributed by atoms with Crippen LogP contribution >= 0.6 is 0 Å². The zero-order chi connectivity index (χ0) is 21.8. The van der Waals surface area contributed by atoms with E-state index < -0.39 is 11.9 Å². The molecule has 2 aromatic carbocycles. The van der Waals surface area contributed by atoms with E-state index in [2.05, 4.69) is 20.7 Å². The van der Waals surface area contributed by atoms with Crippen molar-refractivity contribution in [2.24, 2.45) is 0 Å². The van der Waals surface area contributed by atoms with Gasteiger partial charge in [0.15, 0.2) is 5.65 Å². The molecule has 3 N–H and O–H groups in total. The molecule has 0 saturated heterocycles. The van der Waals surface area contributed by atoms with Crippen LogP contribution in [0.3, 0.4) is 0 Å². The zero-order valence-corrected chi connectivity index (χ0v) is 16.2. The van der Waals surface area contributed by atoms with E-state index in [1.165, 1.54) is 12.3 Å². The van der Waals surface area contributed by atoms with Crippen LogP contribution in [0.5, 0.6) is 0 Å². The first-order chi connectivity index (χ1) is 14.9. The highest BCUT2D eigenvalue weighted by Crippen LogP contribution is 2.37. The molecule has 0 aliphatic heterocycles. The number of benzene rings is 2.